The molecular formula is C24H36O3S. The van der Waals surface area contributed by atoms with E-state index in [4.69, 9.17) is 0 Å². The number of sulfone groups is 1. The Labute approximate surface area is 171 Å². The molecule has 0 heterocycles. The first-order valence-electron chi connectivity index (χ1n) is 10.6. The van der Waals surface area contributed by atoms with Gasteiger partial charge in [0.15, 0.2) is 15.6 Å². The molecule has 156 valence electrons. The van der Waals surface area contributed by atoms with E-state index in [1.54, 1.807) is 20.8 Å². The molecule has 0 saturated heterocycles. The molecule has 2 atom stereocenters. The summed E-state index contributed by atoms with van der Waals surface area (Å²) < 4.78 is 24.9. The number of aryl methyl sites for hydroxylation is 3. The van der Waals surface area contributed by atoms with Crippen molar-refractivity contribution < 1.29 is 13.2 Å². The molecule has 0 fully saturated rings. The average molecular weight is 405 g/mol. The Morgan fingerprint density at radius 2 is 1.54 bits per heavy atom. The van der Waals surface area contributed by atoms with Crippen LogP contribution in [0.1, 0.15) is 83.1 Å². The quantitative estimate of drug-likeness (QED) is 0.605. The van der Waals surface area contributed by atoms with Gasteiger partial charge in [0.25, 0.3) is 0 Å². The van der Waals surface area contributed by atoms with Crippen molar-refractivity contribution in [1.29, 1.82) is 0 Å². The number of carbonyl (C=O) groups is 1. The van der Waals surface area contributed by atoms with Gasteiger partial charge in [0.05, 0.1) is 10.5 Å². The first-order valence-corrected chi connectivity index (χ1v) is 12.2. The average Bonchev–Trinajstić information content (AvgIpc) is 2.61. The Bertz CT molecular complexity index is 850. The van der Waals surface area contributed by atoms with Gasteiger partial charge in [-0.15, -0.1) is 0 Å². The zero-order valence-electron chi connectivity index (χ0n) is 18.6. The van der Waals surface area contributed by atoms with Crippen LogP contribution in [0.4, 0.5) is 0 Å². The van der Waals surface area contributed by atoms with E-state index in [1.807, 2.05) is 0 Å². The maximum absolute atomic E-state index is 13.2. The topological polar surface area (TPSA) is 51.2 Å². The summed E-state index contributed by atoms with van der Waals surface area (Å²) >= 11 is 0. The molecule has 0 amide bonds. The molecule has 0 N–H and O–H groups in total. The van der Waals surface area contributed by atoms with E-state index in [9.17, 15) is 13.2 Å². The van der Waals surface area contributed by atoms with Gasteiger partial charge in [-0.1, -0.05) is 37.1 Å². The Balaban J connectivity index is 2.39. The SMILES string of the molecule is CCc1cc(C)cc(CC)c1C1=C(C)CC(CC(C)S(=O)(=O)C(C)C)CC1=O. The lowest BCUT2D eigenvalue weighted by Gasteiger charge is -2.29. The summed E-state index contributed by atoms with van der Waals surface area (Å²) in [4.78, 5) is 13.2. The highest BCUT2D eigenvalue weighted by atomic mass is 32.2. The first kappa shape index (κ1) is 22.9. The smallest absolute Gasteiger partial charge is 0.163 e. The molecule has 2 unspecified atom stereocenters. The number of Topliss-reactive ketones (excluding diaryl/α,β-unsaturated/α-hetero) is 1. The highest BCUT2D eigenvalue weighted by Gasteiger charge is 2.33. The second-order valence-corrected chi connectivity index (χ2v) is 11.6. The highest BCUT2D eigenvalue weighted by molar-refractivity contribution is 7.92. The fraction of sp³-hybridized carbons (Fsp3) is 0.625. The molecule has 0 aromatic heterocycles. The van der Waals surface area contributed by atoms with E-state index in [0.29, 0.717) is 12.8 Å². The predicted octanol–water partition coefficient (Wildman–Crippen LogP) is 5.47. The molecule has 1 aromatic rings. The standard InChI is InChI=1S/C24H36O3S/c1-8-20-10-16(5)11-21(9-2)24(20)23-17(6)12-19(14-22(23)25)13-18(7)28(26,27)15(3)4/h10-11,15,18-19H,8-9,12-14H2,1-7H3. The van der Waals surface area contributed by atoms with Crippen LogP contribution in [0.3, 0.4) is 0 Å². The number of rotatable bonds is 7. The van der Waals surface area contributed by atoms with Crippen LogP contribution in [-0.2, 0) is 27.5 Å². The lowest BCUT2D eigenvalue weighted by atomic mass is 9.76. The molecule has 1 aromatic carbocycles. The van der Waals surface area contributed by atoms with Crippen LogP contribution in [0.5, 0.6) is 0 Å². The Hall–Kier alpha value is -1.42. The van der Waals surface area contributed by atoms with Crippen LogP contribution in [-0.4, -0.2) is 24.7 Å². The minimum Gasteiger partial charge on any atom is -0.294 e. The van der Waals surface area contributed by atoms with Gasteiger partial charge >= 0.3 is 0 Å². The van der Waals surface area contributed by atoms with Crippen molar-refractivity contribution in [2.45, 2.75) is 91.1 Å². The number of hydrogen-bond acceptors (Lipinski definition) is 3. The molecule has 3 nitrogen and oxygen atoms in total. The second kappa shape index (κ2) is 8.94. The van der Waals surface area contributed by atoms with Crippen molar-refractivity contribution in [3.63, 3.8) is 0 Å². The number of allylic oxidation sites excluding steroid dienone is 2. The van der Waals surface area contributed by atoms with Crippen LogP contribution in [0.25, 0.3) is 5.57 Å². The van der Waals surface area contributed by atoms with E-state index in [0.717, 1.165) is 36.0 Å². The van der Waals surface area contributed by atoms with Crippen LogP contribution >= 0.6 is 0 Å². The first-order chi connectivity index (χ1) is 13.0. The molecule has 0 bridgehead atoms. The molecule has 1 aliphatic carbocycles. The molecule has 0 saturated carbocycles. The minimum atomic E-state index is -3.13. The highest BCUT2D eigenvalue weighted by Crippen LogP contribution is 2.39. The number of ketones is 1. The molecule has 0 aliphatic heterocycles. The van der Waals surface area contributed by atoms with Crippen LogP contribution in [0.15, 0.2) is 17.7 Å². The molecule has 0 spiro atoms. The molecule has 2 rings (SSSR count). The summed E-state index contributed by atoms with van der Waals surface area (Å²) in [7, 11) is -3.13. The fourth-order valence-corrected chi connectivity index (χ4v) is 6.09. The van der Waals surface area contributed by atoms with Gasteiger partial charge in [-0.2, -0.15) is 0 Å². The lowest BCUT2D eigenvalue weighted by molar-refractivity contribution is -0.115. The number of benzene rings is 1. The summed E-state index contributed by atoms with van der Waals surface area (Å²) in [6.07, 6.45) is 3.62. The van der Waals surface area contributed by atoms with Crippen molar-refractivity contribution in [3.8, 4) is 0 Å². The number of hydrogen-bond donors (Lipinski definition) is 0. The zero-order valence-corrected chi connectivity index (χ0v) is 19.4. The predicted molar refractivity (Wildman–Crippen MR) is 118 cm³/mol. The van der Waals surface area contributed by atoms with Gasteiger partial charge in [0, 0.05) is 12.0 Å². The summed E-state index contributed by atoms with van der Waals surface area (Å²) in [5.41, 5.74) is 6.87. The third-order valence-corrected chi connectivity index (χ3v) is 8.74. The lowest BCUT2D eigenvalue weighted by Crippen LogP contribution is -2.30. The molecule has 4 heteroatoms. The molecular weight excluding hydrogens is 368 g/mol. The summed E-state index contributed by atoms with van der Waals surface area (Å²) in [6, 6.07) is 4.40. The van der Waals surface area contributed by atoms with Gasteiger partial charge in [-0.05, 0) is 82.9 Å². The van der Waals surface area contributed by atoms with Crippen LogP contribution < -0.4 is 0 Å². The minimum absolute atomic E-state index is 0.111. The van der Waals surface area contributed by atoms with Gasteiger partial charge in [-0.3, -0.25) is 4.79 Å². The van der Waals surface area contributed by atoms with Gasteiger partial charge < -0.3 is 0 Å². The third kappa shape index (κ3) is 4.59. The second-order valence-electron chi connectivity index (χ2n) is 8.70. The largest absolute Gasteiger partial charge is 0.294 e. The van der Waals surface area contributed by atoms with Crippen molar-refractivity contribution in [2.24, 2.45) is 5.92 Å². The zero-order chi connectivity index (χ0) is 21.2. The fourth-order valence-electron chi connectivity index (χ4n) is 4.62. The summed E-state index contributed by atoms with van der Waals surface area (Å²) in [6.45, 7) is 13.7. The van der Waals surface area contributed by atoms with Crippen molar-refractivity contribution in [1.82, 2.24) is 0 Å². The van der Waals surface area contributed by atoms with E-state index >= 15 is 0 Å². The van der Waals surface area contributed by atoms with Crippen LogP contribution in [0, 0.1) is 12.8 Å². The van der Waals surface area contributed by atoms with E-state index < -0.39 is 15.1 Å². The maximum atomic E-state index is 13.2. The summed E-state index contributed by atoms with van der Waals surface area (Å²) in [5, 5.41) is -0.780. The number of carbonyl (C=O) groups excluding carboxylic acids is 1. The molecule has 0 radical (unpaired) electrons. The van der Waals surface area contributed by atoms with E-state index in [2.05, 4.69) is 39.8 Å². The van der Waals surface area contributed by atoms with E-state index in [-0.39, 0.29) is 17.0 Å². The van der Waals surface area contributed by atoms with E-state index in [1.165, 1.54) is 16.7 Å². The van der Waals surface area contributed by atoms with Crippen LogP contribution in [0.2, 0.25) is 0 Å². The monoisotopic (exact) mass is 404 g/mol. The third-order valence-electron chi connectivity index (χ3n) is 6.12. The van der Waals surface area contributed by atoms with Gasteiger partial charge in [-0.25, -0.2) is 8.42 Å². The molecule has 1 aliphatic rings. The van der Waals surface area contributed by atoms with Crippen molar-refractivity contribution in [2.75, 3.05) is 0 Å². The maximum Gasteiger partial charge on any atom is 0.163 e. The van der Waals surface area contributed by atoms with Crippen molar-refractivity contribution >= 4 is 21.2 Å². The van der Waals surface area contributed by atoms with Crippen molar-refractivity contribution in [3.05, 3.63) is 40.0 Å². The van der Waals surface area contributed by atoms with Gasteiger partial charge in [0.1, 0.15) is 0 Å². The normalized spacial score (nSPS) is 19.4. The molecule has 28 heavy (non-hydrogen) atoms. The van der Waals surface area contributed by atoms with Gasteiger partial charge in [0.2, 0.25) is 0 Å². The Morgan fingerprint density at radius 1 is 1.00 bits per heavy atom. The Morgan fingerprint density at radius 3 is 1.96 bits per heavy atom. The Kier molecular flexibility index (Phi) is 7.30. The summed E-state index contributed by atoms with van der Waals surface area (Å²) in [5.74, 6) is 0.288.